The van der Waals surface area contributed by atoms with E-state index in [1.807, 2.05) is 0 Å². The van der Waals surface area contributed by atoms with Gasteiger partial charge >= 0.3 is 0 Å². The highest BCUT2D eigenvalue weighted by atomic mass is 16.2. The molecule has 0 saturated carbocycles. The number of rotatable bonds is 79. The summed E-state index contributed by atoms with van der Waals surface area (Å²) >= 11 is 0. The summed E-state index contributed by atoms with van der Waals surface area (Å²) in [5.74, 6) is -2.73. The van der Waals surface area contributed by atoms with Gasteiger partial charge in [-0.25, -0.2) is 0 Å². The van der Waals surface area contributed by atoms with Crippen LogP contribution in [0.25, 0.3) is 0 Å². The fourth-order valence-electron chi connectivity index (χ4n) is 13.0. The molecule has 109 heavy (non-hydrogen) atoms. The molecule has 0 saturated heterocycles. The lowest BCUT2D eigenvalue weighted by Crippen LogP contribution is -2.53. The van der Waals surface area contributed by atoms with Crippen molar-refractivity contribution >= 4 is 65.0 Å². The lowest BCUT2D eigenvalue weighted by molar-refractivity contribution is -0.132. The summed E-state index contributed by atoms with van der Waals surface area (Å²) in [6, 6.07) is -4.18. The van der Waals surface area contributed by atoms with Crippen molar-refractivity contribution in [1.29, 1.82) is 0 Å². The number of nitrogens with one attached hydrogen (secondary N) is 10. The van der Waals surface area contributed by atoms with E-state index in [4.69, 9.17) is 45.9 Å². The van der Waals surface area contributed by atoms with Gasteiger partial charge in [-0.05, 0) is 226 Å². The van der Waals surface area contributed by atoms with Gasteiger partial charge in [-0.3, -0.25) is 52.7 Å². The van der Waals surface area contributed by atoms with Crippen LogP contribution in [0.1, 0.15) is 334 Å². The summed E-state index contributed by atoms with van der Waals surface area (Å²) in [5, 5.41) is 29.4. The Hall–Kier alpha value is -6.11. The molecule has 0 rings (SSSR count). The SMILES string of the molecule is NCCCCCCCCCCCC(=O)N[C@@H](CCCCN)C(=O)N[C@@H](CCCCN)C(=O)NCCCCCCCC(=O)N[C@@H](CCCCN)C(=O)NCCCCCCCC(=O)N[C@@H](CCCCN)C(=O)NCCCCCCCC(=O)N[C@@H](CCCCN)C(=O)NCCCCCCCC(=O)N[C@@H](CCCCN)C(N)=O. The zero-order chi connectivity index (χ0) is 80.4. The van der Waals surface area contributed by atoms with E-state index in [2.05, 4.69) is 53.2 Å². The van der Waals surface area contributed by atoms with Gasteiger partial charge in [0.2, 0.25) is 65.0 Å². The van der Waals surface area contributed by atoms with Crippen LogP contribution in [0, 0.1) is 0 Å². The highest BCUT2D eigenvalue weighted by molar-refractivity contribution is 5.92. The first-order valence-electron chi connectivity index (χ1n) is 43.0. The fourth-order valence-corrected chi connectivity index (χ4v) is 13.0. The Morgan fingerprint density at radius 2 is 0.349 bits per heavy atom. The third kappa shape index (κ3) is 62.2. The van der Waals surface area contributed by atoms with E-state index in [1.165, 1.54) is 25.7 Å². The molecule has 634 valence electrons. The summed E-state index contributed by atoms with van der Waals surface area (Å²) in [6.07, 6.45) is 38.4. The largest absolute Gasteiger partial charge is 0.368 e. The van der Waals surface area contributed by atoms with Crippen LogP contribution in [0.5, 0.6) is 0 Å². The minimum Gasteiger partial charge on any atom is -0.368 e. The normalized spacial score (nSPS) is 12.9. The van der Waals surface area contributed by atoms with Gasteiger partial charge < -0.3 is 99.0 Å². The zero-order valence-electron chi connectivity index (χ0n) is 67.6. The molecule has 0 aromatic carbocycles. The summed E-state index contributed by atoms with van der Waals surface area (Å²) in [7, 11) is 0. The van der Waals surface area contributed by atoms with E-state index >= 15 is 0 Å². The Bertz CT molecular complexity index is 2370. The smallest absolute Gasteiger partial charge is 0.243 e. The molecule has 0 aliphatic heterocycles. The molecule has 0 bridgehead atoms. The fraction of sp³-hybridized carbons (Fsp3) is 0.863. The molecule has 0 spiro atoms. The van der Waals surface area contributed by atoms with Crippen molar-refractivity contribution in [2.75, 3.05) is 72.0 Å². The number of carbonyl (C=O) groups is 11. The molecule has 6 atom stereocenters. The van der Waals surface area contributed by atoms with Gasteiger partial charge in [0, 0.05) is 58.3 Å². The van der Waals surface area contributed by atoms with Gasteiger partial charge in [0.05, 0.1) is 0 Å². The highest BCUT2D eigenvalue weighted by Crippen LogP contribution is 2.16. The molecule has 0 radical (unpaired) electrons. The number of amides is 11. The van der Waals surface area contributed by atoms with Crippen LogP contribution in [0.15, 0.2) is 0 Å². The Labute approximate surface area is 656 Å². The van der Waals surface area contributed by atoms with Gasteiger partial charge in [-0.2, -0.15) is 0 Å². The van der Waals surface area contributed by atoms with Gasteiger partial charge in [0.15, 0.2) is 0 Å². The van der Waals surface area contributed by atoms with Crippen molar-refractivity contribution in [1.82, 2.24) is 53.2 Å². The topological polar surface area (TPSA) is 516 Å². The van der Waals surface area contributed by atoms with Crippen molar-refractivity contribution in [3.8, 4) is 0 Å². The molecule has 0 aliphatic rings. The third-order valence-electron chi connectivity index (χ3n) is 19.7. The van der Waals surface area contributed by atoms with E-state index in [1.54, 1.807) is 0 Å². The zero-order valence-corrected chi connectivity index (χ0v) is 67.6. The Kier molecular flexibility index (Phi) is 70.4. The lowest BCUT2D eigenvalue weighted by Gasteiger charge is -2.23. The minimum atomic E-state index is -0.766. The number of carbonyl (C=O) groups excluding carboxylic acids is 11. The van der Waals surface area contributed by atoms with Crippen LogP contribution in [-0.4, -0.2) is 173 Å². The van der Waals surface area contributed by atoms with Crippen molar-refractivity contribution in [3.63, 3.8) is 0 Å². The molecule has 0 aromatic rings. The maximum Gasteiger partial charge on any atom is 0.243 e. The number of primary amides is 1. The second kappa shape index (κ2) is 74.6. The van der Waals surface area contributed by atoms with Crippen LogP contribution >= 0.6 is 0 Å². The van der Waals surface area contributed by atoms with Gasteiger partial charge in [-0.1, -0.05) is 122 Å². The maximum atomic E-state index is 13.7. The van der Waals surface area contributed by atoms with Crippen LogP contribution in [0.3, 0.4) is 0 Å². The molecule has 29 heteroatoms. The Morgan fingerprint density at radius 3 is 0.569 bits per heavy atom. The average Bonchev–Trinajstić information content (AvgIpc) is 0.916. The first kappa shape index (κ1) is 103. The molecule has 0 aliphatic carbocycles. The molecule has 0 fully saturated rings. The molecule has 0 aromatic heterocycles. The lowest BCUT2D eigenvalue weighted by atomic mass is 10.0. The molecule has 11 amide bonds. The van der Waals surface area contributed by atoms with E-state index in [-0.39, 0.29) is 71.9 Å². The maximum absolute atomic E-state index is 13.7. The highest BCUT2D eigenvalue weighted by Gasteiger charge is 2.28. The Balaban J connectivity index is 4.72. The summed E-state index contributed by atoms with van der Waals surface area (Å²) in [5.41, 5.74) is 45.3. The molecule has 29 nitrogen and oxygen atoms in total. The van der Waals surface area contributed by atoms with Crippen molar-refractivity contribution in [2.45, 2.75) is 370 Å². The first-order chi connectivity index (χ1) is 52.9. The monoisotopic (exact) mass is 1550 g/mol. The summed E-state index contributed by atoms with van der Waals surface area (Å²) < 4.78 is 0. The third-order valence-corrected chi connectivity index (χ3v) is 19.7. The Morgan fingerprint density at radius 1 is 0.183 bits per heavy atom. The average molecular weight is 1550 g/mol. The van der Waals surface area contributed by atoms with Gasteiger partial charge in [0.25, 0.3) is 0 Å². The predicted octanol–water partition coefficient (Wildman–Crippen LogP) is 5.84. The number of unbranched alkanes of at least 4 members (excludes halogenated alkanes) is 30. The predicted molar refractivity (Wildman–Crippen MR) is 436 cm³/mol. The standard InChI is InChI=1S/C80H158N18O11/c81-53-31-15-5-3-1-2-4-10-20-52-74(103)97-69(47-30-37-59-87)80(109)98-68(46-29-36-58-86)79(108)92-63-41-19-9-14-24-51-73(102)96-67(45-28-35-57-85)78(107)91-62-40-18-8-13-23-50-72(101)95-66(44-27-34-56-84)77(106)90-61-39-17-7-12-22-49-71(100)94-65(43-26-33-55-83)76(105)89-60-38-16-6-11-21-48-70(99)93-64(75(88)104)42-25-32-54-82/h64-69H,1-63,81-87H2,(H2,88,104)(H,89,105)(H,90,106)(H,91,107)(H,92,108)(H,93,99)(H,94,100)(H,95,101)(H,96,102)(H,97,103)(H,98,109)/t64-,65-,66-,67-,68-,69-/m0/s1. The van der Waals surface area contributed by atoms with Crippen LogP contribution in [0.4, 0.5) is 0 Å². The van der Waals surface area contributed by atoms with E-state index in [0.29, 0.717) is 200 Å². The van der Waals surface area contributed by atoms with Crippen LogP contribution < -0.4 is 99.0 Å². The van der Waals surface area contributed by atoms with Crippen molar-refractivity contribution in [3.05, 3.63) is 0 Å². The quantitative estimate of drug-likeness (QED) is 0.0318. The van der Waals surface area contributed by atoms with Gasteiger partial charge in [-0.15, -0.1) is 0 Å². The molecule has 0 unspecified atom stereocenters. The molecule has 0 heterocycles. The van der Waals surface area contributed by atoms with E-state index in [9.17, 15) is 52.7 Å². The molecular weight excluding hydrogens is 1390 g/mol. The van der Waals surface area contributed by atoms with Gasteiger partial charge in [0.1, 0.15) is 36.3 Å². The summed E-state index contributed by atoms with van der Waals surface area (Å²) in [6.45, 7) is 5.50. The number of hydrogen-bond donors (Lipinski definition) is 18. The first-order valence-corrected chi connectivity index (χ1v) is 43.0. The van der Waals surface area contributed by atoms with E-state index in [0.717, 1.165) is 167 Å². The second-order valence-electron chi connectivity index (χ2n) is 29.7. The molecule has 26 N–H and O–H groups in total. The molecular formula is C80H158N18O11. The van der Waals surface area contributed by atoms with Crippen LogP contribution in [0.2, 0.25) is 0 Å². The number of nitrogens with two attached hydrogens (primary N) is 8. The van der Waals surface area contributed by atoms with Crippen molar-refractivity contribution in [2.24, 2.45) is 45.9 Å². The number of hydrogen-bond acceptors (Lipinski definition) is 18. The summed E-state index contributed by atoms with van der Waals surface area (Å²) in [4.78, 5) is 143. The van der Waals surface area contributed by atoms with Crippen molar-refractivity contribution < 1.29 is 52.7 Å². The van der Waals surface area contributed by atoms with E-state index < -0.39 is 42.2 Å². The second-order valence-corrected chi connectivity index (χ2v) is 29.7. The minimum absolute atomic E-state index is 0.165. The van der Waals surface area contributed by atoms with Crippen LogP contribution in [-0.2, 0) is 52.7 Å².